The van der Waals surface area contributed by atoms with E-state index in [0.29, 0.717) is 0 Å². The molecule has 0 amide bonds. The van der Waals surface area contributed by atoms with Crippen LogP contribution in [0, 0.1) is 5.92 Å². The molecule has 0 bridgehead atoms. The van der Waals surface area contributed by atoms with Gasteiger partial charge in [-0.3, -0.25) is 0 Å². The molecule has 0 spiro atoms. The second kappa shape index (κ2) is 7.27. The van der Waals surface area contributed by atoms with Crippen molar-refractivity contribution in [3.05, 3.63) is 34.3 Å². The maximum Gasteiger partial charge on any atom is 0.0960 e. The standard InChI is InChI=1S/C15H22BrNO/c1-2-17-11-15(18-10-9-12-7-8-12)13-5-3-4-6-14(13)16/h3-6,12,15,17H,2,7-11H2,1H3. The smallest absolute Gasteiger partial charge is 0.0960 e. The molecule has 1 unspecified atom stereocenters. The van der Waals surface area contributed by atoms with Crippen LogP contribution in [-0.4, -0.2) is 19.7 Å². The molecule has 2 rings (SSSR count). The van der Waals surface area contributed by atoms with E-state index in [1.165, 1.54) is 24.8 Å². The lowest BCUT2D eigenvalue weighted by Crippen LogP contribution is -2.23. The summed E-state index contributed by atoms with van der Waals surface area (Å²) in [6, 6.07) is 8.34. The normalized spacial score (nSPS) is 16.8. The Hall–Kier alpha value is -0.380. The van der Waals surface area contributed by atoms with E-state index < -0.39 is 0 Å². The van der Waals surface area contributed by atoms with Gasteiger partial charge in [0.15, 0.2) is 0 Å². The van der Waals surface area contributed by atoms with Crippen molar-refractivity contribution in [1.82, 2.24) is 5.32 Å². The summed E-state index contributed by atoms with van der Waals surface area (Å²) in [5, 5.41) is 3.38. The third kappa shape index (κ3) is 4.38. The highest BCUT2D eigenvalue weighted by atomic mass is 79.9. The Morgan fingerprint density at radius 1 is 1.39 bits per heavy atom. The fourth-order valence-corrected chi connectivity index (χ4v) is 2.59. The van der Waals surface area contributed by atoms with Crippen LogP contribution >= 0.6 is 15.9 Å². The summed E-state index contributed by atoms with van der Waals surface area (Å²) < 4.78 is 7.21. The molecule has 100 valence electrons. The largest absolute Gasteiger partial charge is 0.372 e. The van der Waals surface area contributed by atoms with Gasteiger partial charge in [0.25, 0.3) is 0 Å². The second-order valence-corrected chi connectivity index (χ2v) is 5.78. The van der Waals surface area contributed by atoms with Gasteiger partial charge in [0.1, 0.15) is 0 Å². The van der Waals surface area contributed by atoms with Gasteiger partial charge in [-0.1, -0.05) is 53.9 Å². The van der Waals surface area contributed by atoms with Crippen LogP contribution in [0.15, 0.2) is 28.7 Å². The summed E-state index contributed by atoms with van der Waals surface area (Å²) >= 11 is 3.61. The summed E-state index contributed by atoms with van der Waals surface area (Å²) in [4.78, 5) is 0. The van der Waals surface area contributed by atoms with Crippen molar-refractivity contribution in [2.45, 2.75) is 32.3 Å². The van der Waals surface area contributed by atoms with E-state index >= 15 is 0 Å². The van der Waals surface area contributed by atoms with E-state index in [1.807, 2.05) is 6.07 Å². The van der Waals surface area contributed by atoms with Crippen LogP contribution in [0.1, 0.15) is 37.9 Å². The SMILES string of the molecule is CCNCC(OCCC1CC1)c1ccccc1Br. The number of hydrogen-bond acceptors (Lipinski definition) is 2. The predicted octanol–water partition coefficient (Wildman–Crippen LogP) is 3.92. The highest BCUT2D eigenvalue weighted by molar-refractivity contribution is 9.10. The molecule has 0 saturated heterocycles. The molecule has 0 heterocycles. The van der Waals surface area contributed by atoms with Gasteiger partial charge >= 0.3 is 0 Å². The zero-order valence-corrected chi connectivity index (χ0v) is 12.6. The molecular formula is C15H22BrNO. The Morgan fingerprint density at radius 3 is 2.83 bits per heavy atom. The van der Waals surface area contributed by atoms with Crippen LogP contribution < -0.4 is 5.32 Å². The van der Waals surface area contributed by atoms with Gasteiger partial charge in [-0.05, 0) is 30.5 Å². The number of halogens is 1. The third-order valence-electron chi connectivity index (χ3n) is 3.37. The maximum atomic E-state index is 6.07. The molecular weight excluding hydrogens is 290 g/mol. The van der Waals surface area contributed by atoms with Crippen molar-refractivity contribution in [2.24, 2.45) is 5.92 Å². The van der Waals surface area contributed by atoms with E-state index in [2.05, 4.69) is 46.4 Å². The van der Waals surface area contributed by atoms with Crippen molar-refractivity contribution in [1.29, 1.82) is 0 Å². The molecule has 1 saturated carbocycles. The molecule has 1 aliphatic rings. The number of ether oxygens (including phenoxy) is 1. The van der Waals surface area contributed by atoms with Crippen molar-refractivity contribution in [2.75, 3.05) is 19.7 Å². The van der Waals surface area contributed by atoms with Gasteiger partial charge in [0.05, 0.1) is 6.10 Å². The minimum absolute atomic E-state index is 0.152. The number of rotatable bonds is 8. The van der Waals surface area contributed by atoms with Crippen LogP contribution in [0.4, 0.5) is 0 Å². The zero-order chi connectivity index (χ0) is 12.8. The molecule has 1 fully saturated rings. The van der Waals surface area contributed by atoms with E-state index in [4.69, 9.17) is 4.74 Å². The molecule has 1 aromatic carbocycles. The summed E-state index contributed by atoms with van der Waals surface area (Å²) in [5.41, 5.74) is 1.24. The Kier molecular flexibility index (Phi) is 5.67. The van der Waals surface area contributed by atoms with Gasteiger partial charge in [-0.25, -0.2) is 0 Å². The molecule has 1 N–H and O–H groups in total. The first-order valence-electron chi connectivity index (χ1n) is 6.88. The van der Waals surface area contributed by atoms with Crippen LogP contribution in [0.25, 0.3) is 0 Å². The Bertz CT molecular complexity index is 365. The minimum Gasteiger partial charge on any atom is -0.372 e. The lowest BCUT2D eigenvalue weighted by molar-refractivity contribution is 0.0485. The molecule has 0 aliphatic heterocycles. The van der Waals surface area contributed by atoms with Gasteiger partial charge in [0.2, 0.25) is 0 Å². The van der Waals surface area contributed by atoms with Gasteiger partial charge in [-0.2, -0.15) is 0 Å². The molecule has 0 aromatic heterocycles. The second-order valence-electron chi connectivity index (χ2n) is 4.92. The van der Waals surface area contributed by atoms with Crippen LogP contribution in [0.3, 0.4) is 0 Å². The Labute approximate surface area is 118 Å². The van der Waals surface area contributed by atoms with E-state index in [-0.39, 0.29) is 6.10 Å². The minimum atomic E-state index is 0.152. The monoisotopic (exact) mass is 311 g/mol. The fourth-order valence-electron chi connectivity index (χ4n) is 2.05. The number of likely N-dealkylation sites (N-methyl/N-ethyl adjacent to an activating group) is 1. The summed E-state index contributed by atoms with van der Waals surface area (Å²) in [6.07, 6.45) is 4.17. The Morgan fingerprint density at radius 2 is 2.17 bits per heavy atom. The topological polar surface area (TPSA) is 21.3 Å². The van der Waals surface area contributed by atoms with Crippen LogP contribution in [0.5, 0.6) is 0 Å². The van der Waals surface area contributed by atoms with E-state index in [1.54, 1.807) is 0 Å². The molecule has 18 heavy (non-hydrogen) atoms. The van der Waals surface area contributed by atoms with Gasteiger partial charge in [-0.15, -0.1) is 0 Å². The first-order valence-corrected chi connectivity index (χ1v) is 7.67. The van der Waals surface area contributed by atoms with Gasteiger partial charge < -0.3 is 10.1 Å². The molecule has 1 atom stereocenters. The van der Waals surface area contributed by atoms with Crippen LogP contribution in [-0.2, 0) is 4.74 Å². The molecule has 1 aliphatic carbocycles. The lowest BCUT2D eigenvalue weighted by atomic mass is 10.1. The first kappa shape index (κ1) is 14.0. The highest BCUT2D eigenvalue weighted by Crippen LogP contribution is 2.33. The van der Waals surface area contributed by atoms with Gasteiger partial charge in [0, 0.05) is 17.6 Å². The molecule has 3 heteroatoms. The van der Waals surface area contributed by atoms with E-state index in [9.17, 15) is 0 Å². The van der Waals surface area contributed by atoms with Crippen molar-refractivity contribution in [3.63, 3.8) is 0 Å². The number of hydrogen-bond donors (Lipinski definition) is 1. The van der Waals surface area contributed by atoms with Crippen molar-refractivity contribution < 1.29 is 4.74 Å². The van der Waals surface area contributed by atoms with Crippen molar-refractivity contribution >= 4 is 15.9 Å². The summed E-state index contributed by atoms with van der Waals surface area (Å²) in [6.45, 7) is 4.86. The average molecular weight is 312 g/mol. The zero-order valence-electron chi connectivity index (χ0n) is 11.0. The first-order chi connectivity index (χ1) is 8.81. The molecule has 1 aromatic rings. The summed E-state index contributed by atoms with van der Waals surface area (Å²) in [5.74, 6) is 0.934. The summed E-state index contributed by atoms with van der Waals surface area (Å²) in [7, 11) is 0. The van der Waals surface area contributed by atoms with Crippen LogP contribution in [0.2, 0.25) is 0 Å². The lowest BCUT2D eigenvalue weighted by Gasteiger charge is -2.20. The Balaban J connectivity index is 1.91. The maximum absolute atomic E-state index is 6.07. The van der Waals surface area contributed by atoms with Crippen molar-refractivity contribution in [3.8, 4) is 0 Å². The molecule has 0 radical (unpaired) electrons. The van der Waals surface area contributed by atoms with E-state index in [0.717, 1.165) is 30.1 Å². The number of benzene rings is 1. The predicted molar refractivity (Wildman–Crippen MR) is 78.7 cm³/mol. The quantitative estimate of drug-likeness (QED) is 0.785. The third-order valence-corrected chi connectivity index (χ3v) is 4.10. The highest BCUT2D eigenvalue weighted by Gasteiger charge is 2.22. The average Bonchev–Trinajstić information content (AvgIpc) is 3.19. The number of nitrogens with one attached hydrogen (secondary N) is 1. The fraction of sp³-hybridized carbons (Fsp3) is 0.600. The molecule has 2 nitrogen and oxygen atoms in total.